The molecule has 0 saturated heterocycles. The zero-order chi connectivity index (χ0) is 20.1. The first-order valence-corrected chi connectivity index (χ1v) is 10.9. The van der Waals surface area contributed by atoms with Gasteiger partial charge in [0.25, 0.3) is 5.91 Å². The SMILES string of the molecule is NCCCCc1nc(-c2ccc(C(=O)Nc3nnc(-c4ccco4)s3)cc2)cs1. The quantitative estimate of drug-likeness (QED) is 0.404. The Morgan fingerprint density at radius 3 is 2.76 bits per heavy atom. The number of unbranched alkanes of at least 4 members (excludes halogenated alkanes) is 1. The lowest BCUT2D eigenvalue weighted by molar-refractivity contribution is 0.102. The van der Waals surface area contributed by atoms with E-state index in [2.05, 4.69) is 20.5 Å². The van der Waals surface area contributed by atoms with Gasteiger partial charge in [-0.3, -0.25) is 10.1 Å². The van der Waals surface area contributed by atoms with Crippen LogP contribution in [0.1, 0.15) is 28.2 Å². The summed E-state index contributed by atoms with van der Waals surface area (Å²) in [6, 6.07) is 11.0. The summed E-state index contributed by atoms with van der Waals surface area (Å²) >= 11 is 2.92. The van der Waals surface area contributed by atoms with Crippen molar-refractivity contribution in [3.63, 3.8) is 0 Å². The van der Waals surface area contributed by atoms with Gasteiger partial charge in [-0.05, 0) is 50.1 Å². The number of thiazole rings is 1. The van der Waals surface area contributed by atoms with E-state index in [1.807, 2.05) is 17.5 Å². The average Bonchev–Trinajstić information content (AvgIpc) is 3.50. The Morgan fingerprint density at radius 1 is 1.14 bits per heavy atom. The Hall–Kier alpha value is -2.88. The van der Waals surface area contributed by atoms with Gasteiger partial charge >= 0.3 is 0 Å². The molecule has 7 nitrogen and oxygen atoms in total. The third kappa shape index (κ3) is 4.76. The third-order valence-electron chi connectivity index (χ3n) is 4.22. The molecule has 4 aromatic rings. The molecule has 9 heteroatoms. The van der Waals surface area contributed by atoms with E-state index in [9.17, 15) is 4.79 Å². The maximum absolute atomic E-state index is 12.5. The molecule has 3 aromatic heterocycles. The Bertz CT molecular complexity index is 1070. The van der Waals surface area contributed by atoms with Crippen LogP contribution in [0.4, 0.5) is 5.13 Å². The number of carbonyl (C=O) groups is 1. The van der Waals surface area contributed by atoms with Gasteiger partial charge in [-0.15, -0.1) is 21.5 Å². The second-order valence-electron chi connectivity index (χ2n) is 6.29. The van der Waals surface area contributed by atoms with Crippen molar-refractivity contribution in [1.29, 1.82) is 0 Å². The van der Waals surface area contributed by atoms with Crippen LogP contribution in [0.15, 0.2) is 52.5 Å². The van der Waals surface area contributed by atoms with Crippen molar-refractivity contribution < 1.29 is 9.21 Å². The lowest BCUT2D eigenvalue weighted by Gasteiger charge is -2.02. The Labute approximate surface area is 175 Å². The van der Waals surface area contributed by atoms with Crippen molar-refractivity contribution in [2.45, 2.75) is 19.3 Å². The lowest BCUT2D eigenvalue weighted by Crippen LogP contribution is -2.11. The van der Waals surface area contributed by atoms with Crippen molar-refractivity contribution in [2.24, 2.45) is 5.73 Å². The molecule has 0 radical (unpaired) electrons. The zero-order valence-corrected chi connectivity index (χ0v) is 17.1. The minimum Gasteiger partial charge on any atom is -0.462 e. The molecule has 1 amide bonds. The van der Waals surface area contributed by atoms with Crippen molar-refractivity contribution in [3.05, 3.63) is 58.6 Å². The van der Waals surface area contributed by atoms with Crippen LogP contribution in [0.3, 0.4) is 0 Å². The average molecular weight is 426 g/mol. The van der Waals surface area contributed by atoms with Gasteiger partial charge in [0.15, 0.2) is 10.8 Å². The van der Waals surface area contributed by atoms with E-state index in [0.29, 0.717) is 28.0 Å². The normalized spacial score (nSPS) is 10.9. The number of furan rings is 1. The van der Waals surface area contributed by atoms with E-state index in [1.54, 1.807) is 41.9 Å². The smallest absolute Gasteiger partial charge is 0.257 e. The highest BCUT2D eigenvalue weighted by atomic mass is 32.1. The van der Waals surface area contributed by atoms with Gasteiger partial charge in [-0.25, -0.2) is 4.98 Å². The first-order valence-electron chi connectivity index (χ1n) is 9.16. The Balaban J connectivity index is 1.39. The van der Waals surface area contributed by atoms with E-state index in [0.717, 1.165) is 35.5 Å². The van der Waals surface area contributed by atoms with Gasteiger partial charge in [-0.1, -0.05) is 23.5 Å². The summed E-state index contributed by atoms with van der Waals surface area (Å²) in [7, 11) is 0. The van der Waals surface area contributed by atoms with Crippen LogP contribution in [-0.4, -0.2) is 27.6 Å². The molecule has 1 aromatic carbocycles. The molecule has 0 atom stereocenters. The number of nitrogens with two attached hydrogens (primary N) is 1. The van der Waals surface area contributed by atoms with Crippen molar-refractivity contribution >= 4 is 33.7 Å². The predicted molar refractivity (Wildman–Crippen MR) is 115 cm³/mol. The monoisotopic (exact) mass is 425 g/mol. The van der Waals surface area contributed by atoms with Gasteiger partial charge in [-0.2, -0.15) is 0 Å². The van der Waals surface area contributed by atoms with Crippen molar-refractivity contribution in [2.75, 3.05) is 11.9 Å². The second-order valence-corrected chi connectivity index (χ2v) is 8.21. The fraction of sp³-hybridized carbons (Fsp3) is 0.200. The van der Waals surface area contributed by atoms with E-state index >= 15 is 0 Å². The number of carbonyl (C=O) groups excluding carboxylic acids is 1. The summed E-state index contributed by atoms with van der Waals surface area (Å²) in [4.78, 5) is 17.2. The fourth-order valence-electron chi connectivity index (χ4n) is 2.71. The lowest BCUT2D eigenvalue weighted by atomic mass is 10.1. The molecule has 0 unspecified atom stereocenters. The summed E-state index contributed by atoms with van der Waals surface area (Å²) in [5, 5.41) is 15.0. The molecule has 0 spiro atoms. The summed E-state index contributed by atoms with van der Waals surface area (Å²) in [5.41, 5.74) is 8.00. The topological polar surface area (TPSA) is 107 Å². The molecule has 0 aliphatic carbocycles. The number of hydrogen-bond donors (Lipinski definition) is 2. The standard InChI is InChI=1S/C20H19N5O2S2/c21-10-2-1-5-17-22-15(12-28-17)13-6-8-14(9-7-13)18(26)23-20-25-24-19(29-20)16-4-3-11-27-16/h3-4,6-9,11-12H,1-2,5,10,21H2,(H,23,25,26). The Kier molecular flexibility index (Phi) is 6.09. The predicted octanol–water partition coefficient (Wildman–Crippen LogP) is 4.46. The zero-order valence-electron chi connectivity index (χ0n) is 15.5. The molecular formula is C20H19N5O2S2. The minimum absolute atomic E-state index is 0.237. The molecular weight excluding hydrogens is 406 g/mol. The van der Waals surface area contributed by atoms with E-state index in [4.69, 9.17) is 10.2 Å². The number of amides is 1. The highest BCUT2D eigenvalue weighted by Gasteiger charge is 2.13. The molecule has 0 bridgehead atoms. The second kappa shape index (κ2) is 9.08. The van der Waals surface area contributed by atoms with E-state index in [-0.39, 0.29) is 5.91 Å². The Morgan fingerprint density at radius 2 is 2.00 bits per heavy atom. The minimum atomic E-state index is -0.237. The fourth-order valence-corrected chi connectivity index (χ4v) is 4.27. The first kappa shape index (κ1) is 19.4. The molecule has 0 saturated carbocycles. The van der Waals surface area contributed by atoms with Crippen LogP contribution in [0.25, 0.3) is 22.0 Å². The summed E-state index contributed by atoms with van der Waals surface area (Å²) in [6.45, 7) is 0.711. The van der Waals surface area contributed by atoms with Gasteiger partial charge in [0.05, 0.1) is 17.0 Å². The van der Waals surface area contributed by atoms with Crippen LogP contribution in [0.5, 0.6) is 0 Å². The molecule has 3 N–H and O–H groups in total. The molecule has 29 heavy (non-hydrogen) atoms. The van der Waals surface area contributed by atoms with Crippen LogP contribution >= 0.6 is 22.7 Å². The van der Waals surface area contributed by atoms with Crippen LogP contribution in [-0.2, 0) is 6.42 Å². The highest BCUT2D eigenvalue weighted by molar-refractivity contribution is 7.18. The van der Waals surface area contributed by atoms with Crippen LogP contribution in [0.2, 0.25) is 0 Å². The number of nitrogens with one attached hydrogen (secondary N) is 1. The number of hydrogen-bond acceptors (Lipinski definition) is 8. The van der Waals surface area contributed by atoms with E-state index < -0.39 is 0 Å². The maximum atomic E-state index is 12.5. The number of rotatable bonds is 8. The van der Waals surface area contributed by atoms with Crippen LogP contribution < -0.4 is 11.1 Å². The van der Waals surface area contributed by atoms with Crippen molar-refractivity contribution in [3.8, 4) is 22.0 Å². The van der Waals surface area contributed by atoms with Gasteiger partial charge in [0.1, 0.15) is 0 Å². The van der Waals surface area contributed by atoms with Gasteiger partial charge < -0.3 is 10.2 Å². The maximum Gasteiger partial charge on any atom is 0.257 e. The molecule has 0 aliphatic rings. The molecule has 148 valence electrons. The molecule has 0 aliphatic heterocycles. The first-order chi connectivity index (χ1) is 14.2. The number of aromatic nitrogens is 3. The largest absolute Gasteiger partial charge is 0.462 e. The van der Waals surface area contributed by atoms with E-state index in [1.165, 1.54) is 11.3 Å². The number of aryl methyl sites for hydroxylation is 1. The molecule has 4 rings (SSSR count). The summed E-state index contributed by atoms with van der Waals surface area (Å²) in [5.74, 6) is 0.387. The highest BCUT2D eigenvalue weighted by Crippen LogP contribution is 2.27. The number of anilines is 1. The number of nitrogens with zero attached hydrogens (tertiary/aromatic N) is 3. The molecule has 0 fully saturated rings. The number of benzene rings is 1. The summed E-state index contributed by atoms with van der Waals surface area (Å²) in [6.07, 6.45) is 4.58. The van der Waals surface area contributed by atoms with Gasteiger partial charge in [0.2, 0.25) is 5.13 Å². The third-order valence-corrected chi connectivity index (χ3v) is 5.98. The summed E-state index contributed by atoms with van der Waals surface area (Å²) < 4.78 is 5.29. The van der Waals surface area contributed by atoms with Gasteiger partial charge in [0, 0.05) is 16.5 Å². The van der Waals surface area contributed by atoms with Crippen molar-refractivity contribution in [1.82, 2.24) is 15.2 Å². The molecule has 3 heterocycles. The van der Waals surface area contributed by atoms with Crippen LogP contribution in [0, 0.1) is 0 Å².